The van der Waals surface area contributed by atoms with E-state index in [0.29, 0.717) is 5.75 Å². The molecule has 0 unspecified atom stereocenters. The fourth-order valence-corrected chi connectivity index (χ4v) is 2.13. The van der Waals surface area contributed by atoms with Crippen LogP contribution in [0.1, 0.15) is 32.3 Å². The zero-order valence-electron chi connectivity index (χ0n) is 10.0. The molecular formula is C13H20N2O. The molecule has 0 atom stereocenters. The summed E-state index contributed by atoms with van der Waals surface area (Å²) in [6, 6.07) is 5.85. The normalized spacial score (nSPS) is 17.2. The van der Waals surface area contributed by atoms with Gasteiger partial charge in [0.25, 0.3) is 0 Å². The predicted molar refractivity (Wildman–Crippen MR) is 66.8 cm³/mol. The van der Waals surface area contributed by atoms with Crippen LogP contribution < -0.4 is 10.6 Å². The number of benzene rings is 1. The summed E-state index contributed by atoms with van der Waals surface area (Å²) in [6.45, 7) is 6.12. The zero-order chi connectivity index (χ0) is 11.8. The summed E-state index contributed by atoms with van der Waals surface area (Å²) in [5.74, 6) is 0.337. The Balaban J connectivity index is 2.29. The van der Waals surface area contributed by atoms with E-state index in [1.807, 2.05) is 12.1 Å². The van der Waals surface area contributed by atoms with Gasteiger partial charge in [0.2, 0.25) is 0 Å². The van der Waals surface area contributed by atoms with E-state index in [1.165, 1.54) is 0 Å². The van der Waals surface area contributed by atoms with Crippen molar-refractivity contribution in [1.29, 1.82) is 0 Å². The molecule has 1 aliphatic carbocycles. The fourth-order valence-electron chi connectivity index (χ4n) is 2.13. The summed E-state index contributed by atoms with van der Waals surface area (Å²) in [4.78, 5) is 2.21. The Morgan fingerprint density at radius 3 is 2.38 bits per heavy atom. The molecule has 3 N–H and O–H groups in total. The molecule has 0 radical (unpaired) electrons. The molecule has 1 aromatic carbocycles. The molecule has 1 fully saturated rings. The van der Waals surface area contributed by atoms with Gasteiger partial charge in [0.05, 0.1) is 0 Å². The number of anilines is 1. The van der Waals surface area contributed by atoms with E-state index in [9.17, 15) is 5.11 Å². The Morgan fingerprint density at radius 1 is 1.31 bits per heavy atom. The minimum Gasteiger partial charge on any atom is -0.508 e. The maximum Gasteiger partial charge on any atom is 0.122 e. The van der Waals surface area contributed by atoms with E-state index in [4.69, 9.17) is 5.73 Å². The van der Waals surface area contributed by atoms with Gasteiger partial charge in [-0.3, -0.25) is 0 Å². The van der Waals surface area contributed by atoms with Crippen molar-refractivity contribution in [2.75, 3.05) is 18.0 Å². The van der Waals surface area contributed by atoms with Crippen LogP contribution in [0, 0.1) is 0 Å². The van der Waals surface area contributed by atoms with Crippen LogP contribution in [0.3, 0.4) is 0 Å². The number of phenols is 1. The smallest absolute Gasteiger partial charge is 0.122 e. The third-order valence-corrected chi connectivity index (χ3v) is 3.43. The Bertz CT molecular complexity index is 382. The van der Waals surface area contributed by atoms with E-state index >= 15 is 0 Å². The Labute approximate surface area is 96.9 Å². The van der Waals surface area contributed by atoms with Crippen LogP contribution in [-0.4, -0.2) is 18.2 Å². The highest BCUT2D eigenvalue weighted by Crippen LogP contribution is 2.46. The third kappa shape index (κ3) is 1.87. The van der Waals surface area contributed by atoms with Crippen molar-refractivity contribution in [1.82, 2.24) is 0 Å². The van der Waals surface area contributed by atoms with E-state index in [1.54, 1.807) is 0 Å². The largest absolute Gasteiger partial charge is 0.508 e. The first kappa shape index (κ1) is 11.3. The maximum absolute atomic E-state index is 10.0. The van der Waals surface area contributed by atoms with Crippen LogP contribution in [0.25, 0.3) is 0 Å². The lowest BCUT2D eigenvalue weighted by molar-refractivity contribution is 0.459. The lowest BCUT2D eigenvalue weighted by atomic mass is 10.0. The molecule has 88 valence electrons. The molecule has 0 aromatic heterocycles. The molecule has 1 aromatic rings. The molecule has 0 saturated heterocycles. The van der Waals surface area contributed by atoms with Gasteiger partial charge in [-0.25, -0.2) is 0 Å². The number of aromatic hydroxyl groups is 1. The highest BCUT2D eigenvalue weighted by molar-refractivity contribution is 5.55. The van der Waals surface area contributed by atoms with E-state index in [0.717, 1.165) is 37.2 Å². The summed E-state index contributed by atoms with van der Waals surface area (Å²) < 4.78 is 0. The van der Waals surface area contributed by atoms with Gasteiger partial charge in [0, 0.05) is 35.9 Å². The van der Waals surface area contributed by atoms with Crippen molar-refractivity contribution in [3.05, 3.63) is 23.8 Å². The second kappa shape index (κ2) is 3.98. The van der Waals surface area contributed by atoms with Crippen LogP contribution in [-0.2, 0) is 5.54 Å². The van der Waals surface area contributed by atoms with Gasteiger partial charge in [-0.15, -0.1) is 0 Å². The third-order valence-electron chi connectivity index (χ3n) is 3.43. The molecule has 16 heavy (non-hydrogen) atoms. The number of nitrogens with zero attached hydrogens (tertiary/aromatic N) is 1. The van der Waals surface area contributed by atoms with E-state index in [2.05, 4.69) is 24.8 Å². The Morgan fingerprint density at radius 2 is 1.94 bits per heavy atom. The first-order valence-corrected chi connectivity index (χ1v) is 5.98. The highest BCUT2D eigenvalue weighted by Gasteiger charge is 2.41. The quantitative estimate of drug-likeness (QED) is 0.817. The summed E-state index contributed by atoms with van der Waals surface area (Å²) >= 11 is 0. The van der Waals surface area contributed by atoms with E-state index < -0.39 is 0 Å². The topological polar surface area (TPSA) is 49.5 Å². The van der Waals surface area contributed by atoms with Gasteiger partial charge in [0.15, 0.2) is 0 Å². The number of hydrogen-bond acceptors (Lipinski definition) is 3. The van der Waals surface area contributed by atoms with Gasteiger partial charge in [-0.05, 0) is 32.8 Å². The zero-order valence-corrected chi connectivity index (χ0v) is 10.0. The highest BCUT2D eigenvalue weighted by atomic mass is 16.3. The number of hydrogen-bond donors (Lipinski definition) is 2. The van der Waals surface area contributed by atoms with Crippen molar-refractivity contribution < 1.29 is 5.11 Å². The molecule has 0 spiro atoms. The molecular weight excluding hydrogens is 200 g/mol. The van der Waals surface area contributed by atoms with Gasteiger partial charge >= 0.3 is 0 Å². The molecule has 0 aliphatic heterocycles. The molecule has 0 heterocycles. The van der Waals surface area contributed by atoms with Crippen LogP contribution in [0.2, 0.25) is 0 Å². The average molecular weight is 220 g/mol. The van der Waals surface area contributed by atoms with Crippen LogP contribution in [0.15, 0.2) is 18.2 Å². The lowest BCUT2D eigenvalue weighted by Crippen LogP contribution is -2.23. The molecule has 0 bridgehead atoms. The first-order chi connectivity index (χ1) is 7.60. The SMILES string of the molecule is CCN(CC)c1ccc(C2(N)CC2)c(O)c1. The van der Waals surface area contributed by atoms with Gasteiger partial charge in [0.1, 0.15) is 5.75 Å². The predicted octanol–water partition coefficient (Wildman–Crippen LogP) is 2.19. The average Bonchev–Trinajstić information content (AvgIpc) is 2.99. The standard InChI is InChI=1S/C13H20N2O/c1-3-15(4-2)10-5-6-11(12(16)9-10)13(14)7-8-13/h5-6,9,16H,3-4,7-8,14H2,1-2H3. The first-order valence-electron chi connectivity index (χ1n) is 5.98. The summed E-state index contributed by atoms with van der Waals surface area (Å²) in [7, 11) is 0. The van der Waals surface area contributed by atoms with Crippen LogP contribution >= 0.6 is 0 Å². The van der Waals surface area contributed by atoms with Crippen molar-refractivity contribution in [2.45, 2.75) is 32.2 Å². The maximum atomic E-state index is 10.0. The minimum atomic E-state index is -0.258. The molecule has 2 rings (SSSR count). The molecule has 1 saturated carbocycles. The number of rotatable bonds is 4. The summed E-state index contributed by atoms with van der Waals surface area (Å²) in [5.41, 5.74) is 7.79. The van der Waals surface area contributed by atoms with Crippen molar-refractivity contribution >= 4 is 5.69 Å². The Hall–Kier alpha value is -1.22. The number of nitrogens with two attached hydrogens (primary N) is 1. The second-order valence-electron chi connectivity index (χ2n) is 4.53. The summed E-state index contributed by atoms with van der Waals surface area (Å²) in [6.07, 6.45) is 1.95. The van der Waals surface area contributed by atoms with Crippen molar-refractivity contribution in [2.24, 2.45) is 5.73 Å². The lowest BCUT2D eigenvalue weighted by Gasteiger charge is -2.22. The van der Waals surface area contributed by atoms with E-state index in [-0.39, 0.29) is 5.54 Å². The van der Waals surface area contributed by atoms with Gasteiger partial charge in [-0.1, -0.05) is 6.07 Å². The van der Waals surface area contributed by atoms with Crippen molar-refractivity contribution in [3.63, 3.8) is 0 Å². The van der Waals surface area contributed by atoms with Gasteiger partial charge in [-0.2, -0.15) is 0 Å². The molecule has 0 amide bonds. The number of phenolic OH excluding ortho intramolecular Hbond substituents is 1. The summed E-state index contributed by atoms with van der Waals surface area (Å²) in [5, 5.41) is 10.0. The Kier molecular flexibility index (Phi) is 2.80. The second-order valence-corrected chi connectivity index (χ2v) is 4.53. The van der Waals surface area contributed by atoms with Crippen LogP contribution in [0.4, 0.5) is 5.69 Å². The van der Waals surface area contributed by atoms with Crippen molar-refractivity contribution in [3.8, 4) is 5.75 Å². The minimum absolute atomic E-state index is 0.258. The monoisotopic (exact) mass is 220 g/mol. The molecule has 3 heteroatoms. The van der Waals surface area contributed by atoms with Gasteiger partial charge < -0.3 is 15.7 Å². The van der Waals surface area contributed by atoms with Crippen LogP contribution in [0.5, 0.6) is 5.75 Å². The molecule has 3 nitrogen and oxygen atoms in total. The fraction of sp³-hybridized carbons (Fsp3) is 0.538. The molecule has 1 aliphatic rings.